The highest BCUT2D eigenvalue weighted by Gasteiger charge is 2.19. The van der Waals surface area contributed by atoms with Gasteiger partial charge in [-0.15, -0.1) is 0 Å². The van der Waals surface area contributed by atoms with E-state index in [1.54, 1.807) is 0 Å². The Hall–Kier alpha value is -3.93. The Bertz CT molecular complexity index is 1620. The molecule has 1 unspecified atom stereocenters. The van der Waals surface area contributed by atoms with Crippen molar-refractivity contribution in [2.75, 3.05) is 13.2 Å². The number of esters is 3. The molecule has 0 radical (unpaired) electrons. The van der Waals surface area contributed by atoms with E-state index in [2.05, 4.69) is 130 Å². The Morgan fingerprint density at radius 1 is 0.259 bits per heavy atom. The third-order valence-corrected chi connectivity index (χ3v) is 14.7. The zero-order chi connectivity index (χ0) is 58.5. The monoisotopic (exact) mass is 1120 g/mol. The second-order valence-electron chi connectivity index (χ2n) is 22.7. The molecule has 1 atom stereocenters. The van der Waals surface area contributed by atoms with Crippen LogP contribution >= 0.6 is 0 Å². The second kappa shape index (κ2) is 68.6. The van der Waals surface area contributed by atoms with E-state index in [-0.39, 0.29) is 31.1 Å². The third-order valence-electron chi connectivity index (χ3n) is 14.7. The number of rotatable bonds is 62. The molecule has 0 spiro atoms. The quantitative estimate of drug-likeness (QED) is 0.0261. The molecule has 6 heteroatoms. The van der Waals surface area contributed by atoms with Crippen LogP contribution in [0.3, 0.4) is 0 Å². The van der Waals surface area contributed by atoms with Crippen LogP contribution in [0.5, 0.6) is 0 Å². The van der Waals surface area contributed by atoms with Gasteiger partial charge in [-0.2, -0.15) is 0 Å². The summed E-state index contributed by atoms with van der Waals surface area (Å²) >= 11 is 0. The van der Waals surface area contributed by atoms with Crippen LogP contribution in [-0.4, -0.2) is 37.2 Å². The van der Waals surface area contributed by atoms with Gasteiger partial charge in [-0.25, -0.2) is 0 Å². The number of allylic oxidation sites excluding steroid dienone is 18. The summed E-state index contributed by atoms with van der Waals surface area (Å²) in [5, 5.41) is 0. The smallest absolute Gasteiger partial charge is 0.306 e. The molecule has 0 aromatic rings. The SMILES string of the molecule is CC/C=C\C/C=C\C/C=C\C/C=C\CCCCCCCCCCCCCCCCCCC(=O)OCC(COC(=O)CCCCCCC/C=C\C/C=C\CCCCC)OC(=O)CCCCCCCC/C=C\C/C=C\C/C=C\CCCCC. The van der Waals surface area contributed by atoms with Crippen molar-refractivity contribution in [3.05, 3.63) is 109 Å². The zero-order valence-corrected chi connectivity index (χ0v) is 53.3. The van der Waals surface area contributed by atoms with E-state index >= 15 is 0 Å². The second-order valence-corrected chi connectivity index (χ2v) is 22.7. The largest absolute Gasteiger partial charge is 0.462 e. The predicted octanol–water partition coefficient (Wildman–Crippen LogP) is 23.8. The van der Waals surface area contributed by atoms with Gasteiger partial charge in [0, 0.05) is 19.3 Å². The van der Waals surface area contributed by atoms with Crippen LogP contribution in [0.15, 0.2) is 109 Å². The van der Waals surface area contributed by atoms with E-state index in [1.807, 2.05) is 0 Å². The first-order valence-corrected chi connectivity index (χ1v) is 34.4. The molecule has 81 heavy (non-hydrogen) atoms. The third kappa shape index (κ3) is 66.8. The van der Waals surface area contributed by atoms with E-state index in [1.165, 1.54) is 154 Å². The topological polar surface area (TPSA) is 78.9 Å². The van der Waals surface area contributed by atoms with E-state index in [4.69, 9.17) is 14.2 Å². The van der Waals surface area contributed by atoms with Crippen molar-refractivity contribution in [1.29, 1.82) is 0 Å². The summed E-state index contributed by atoms with van der Waals surface area (Å²) < 4.78 is 17.0. The number of hydrogen-bond donors (Lipinski definition) is 0. The molecule has 0 heterocycles. The fourth-order valence-corrected chi connectivity index (χ4v) is 9.59. The number of unbranched alkanes of at least 4 members (excludes halogenated alkanes) is 33. The van der Waals surface area contributed by atoms with Crippen LogP contribution in [0.2, 0.25) is 0 Å². The molecule has 0 fully saturated rings. The van der Waals surface area contributed by atoms with Crippen molar-refractivity contribution in [2.45, 2.75) is 335 Å². The van der Waals surface area contributed by atoms with Crippen LogP contribution in [0.4, 0.5) is 0 Å². The molecule has 6 nitrogen and oxygen atoms in total. The van der Waals surface area contributed by atoms with Gasteiger partial charge in [0.2, 0.25) is 0 Å². The van der Waals surface area contributed by atoms with Gasteiger partial charge in [0.1, 0.15) is 13.2 Å². The van der Waals surface area contributed by atoms with Crippen molar-refractivity contribution in [2.24, 2.45) is 0 Å². The number of carbonyl (C=O) groups excluding carboxylic acids is 3. The summed E-state index contributed by atoms with van der Waals surface area (Å²) in [6.45, 7) is 6.48. The molecule has 0 bridgehead atoms. The lowest BCUT2D eigenvalue weighted by molar-refractivity contribution is -0.167. The molecule has 0 aromatic carbocycles. The minimum absolute atomic E-state index is 0.0867. The molecular formula is C75H128O6. The Morgan fingerprint density at radius 3 is 0.753 bits per heavy atom. The minimum Gasteiger partial charge on any atom is -0.462 e. The number of carbonyl (C=O) groups is 3. The van der Waals surface area contributed by atoms with Crippen LogP contribution in [0.1, 0.15) is 329 Å². The number of hydrogen-bond acceptors (Lipinski definition) is 6. The van der Waals surface area contributed by atoms with Crippen molar-refractivity contribution >= 4 is 17.9 Å². The lowest BCUT2D eigenvalue weighted by atomic mass is 10.0. The molecule has 0 N–H and O–H groups in total. The van der Waals surface area contributed by atoms with Gasteiger partial charge >= 0.3 is 17.9 Å². The van der Waals surface area contributed by atoms with Gasteiger partial charge in [-0.3, -0.25) is 14.4 Å². The maximum absolute atomic E-state index is 12.9. The van der Waals surface area contributed by atoms with Crippen molar-refractivity contribution in [3.8, 4) is 0 Å². The minimum atomic E-state index is -0.793. The predicted molar refractivity (Wildman–Crippen MR) is 353 cm³/mol. The van der Waals surface area contributed by atoms with Crippen molar-refractivity contribution < 1.29 is 28.6 Å². The van der Waals surface area contributed by atoms with Gasteiger partial charge < -0.3 is 14.2 Å². The molecule has 464 valence electrons. The van der Waals surface area contributed by atoms with E-state index in [0.29, 0.717) is 19.3 Å². The normalized spacial score (nSPS) is 12.8. The maximum Gasteiger partial charge on any atom is 0.306 e. The summed E-state index contributed by atoms with van der Waals surface area (Å²) in [6, 6.07) is 0. The average molecular weight is 1130 g/mol. The lowest BCUT2D eigenvalue weighted by Crippen LogP contribution is -2.30. The number of ether oxygens (including phenoxy) is 3. The van der Waals surface area contributed by atoms with Crippen molar-refractivity contribution in [1.82, 2.24) is 0 Å². The fraction of sp³-hybridized carbons (Fsp3) is 0.720. The van der Waals surface area contributed by atoms with Crippen molar-refractivity contribution in [3.63, 3.8) is 0 Å². The van der Waals surface area contributed by atoms with Gasteiger partial charge in [0.05, 0.1) is 0 Å². The first-order chi connectivity index (χ1) is 40.0. The van der Waals surface area contributed by atoms with Gasteiger partial charge in [-0.1, -0.05) is 291 Å². The molecule has 0 aromatic heterocycles. The fourth-order valence-electron chi connectivity index (χ4n) is 9.59. The maximum atomic E-state index is 12.9. The Morgan fingerprint density at radius 2 is 0.481 bits per heavy atom. The molecule has 0 aliphatic rings. The summed E-state index contributed by atoms with van der Waals surface area (Å²) in [6.07, 6.45) is 93.9. The van der Waals surface area contributed by atoms with E-state index in [9.17, 15) is 14.4 Å². The molecule has 0 saturated heterocycles. The van der Waals surface area contributed by atoms with Crippen LogP contribution in [0.25, 0.3) is 0 Å². The molecule has 0 rings (SSSR count). The van der Waals surface area contributed by atoms with Crippen LogP contribution < -0.4 is 0 Å². The van der Waals surface area contributed by atoms with Crippen LogP contribution in [0, 0.1) is 0 Å². The first-order valence-electron chi connectivity index (χ1n) is 34.4. The van der Waals surface area contributed by atoms with E-state index < -0.39 is 6.10 Å². The first kappa shape index (κ1) is 77.1. The molecule has 0 aliphatic carbocycles. The molecule has 0 aliphatic heterocycles. The summed E-state index contributed by atoms with van der Waals surface area (Å²) in [4.78, 5) is 38.4. The highest BCUT2D eigenvalue weighted by Crippen LogP contribution is 2.17. The Labute approximate surface area is 501 Å². The zero-order valence-electron chi connectivity index (χ0n) is 53.3. The Balaban J connectivity index is 4.30. The molecule has 0 saturated carbocycles. The standard InChI is InChI=1S/C75H128O6/c1-4-7-10-13-16-19-22-25-28-30-32-33-34-35-36-37-38-39-40-41-43-44-47-50-53-56-59-62-65-68-74(77)80-71-72(70-79-73(76)67-64-61-58-55-52-49-46-27-24-21-18-15-12-9-6-3)81-75(78)69-66-63-60-57-54-51-48-45-42-31-29-26-23-20-17-14-11-8-5-2/h7,10,16-21,25-29,32-33,42,45-46,72H,4-6,8-9,11-15,22-24,30-31,34-41,43-44,47-71H2,1-3H3/b10-7-,19-16-,20-17-,21-18-,28-25-,29-26-,33-32-,45-42-,46-27-. The van der Waals surface area contributed by atoms with Crippen LogP contribution in [-0.2, 0) is 28.6 Å². The van der Waals surface area contributed by atoms with E-state index in [0.717, 1.165) is 135 Å². The molecular weight excluding hydrogens is 997 g/mol. The Kier molecular flexibility index (Phi) is 65.2. The lowest BCUT2D eigenvalue weighted by Gasteiger charge is -2.18. The summed E-state index contributed by atoms with van der Waals surface area (Å²) in [7, 11) is 0. The molecule has 0 amide bonds. The van der Waals surface area contributed by atoms with Gasteiger partial charge in [-0.05, 0) is 128 Å². The highest BCUT2D eigenvalue weighted by molar-refractivity contribution is 5.71. The summed E-state index contributed by atoms with van der Waals surface area (Å²) in [5.41, 5.74) is 0. The summed E-state index contributed by atoms with van der Waals surface area (Å²) in [5.74, 6) is -0.902. The highest BCUT2D eigenvalue weighted by atomic mass is 16.6. The average Bonchev–Trinajstić information content (AvgIpc) is 3.47. The van der Waals surface area contributed by atoms with Gasteiger partial charge in [0.15, 0.2) is 6.10 Å². The van der Waals surface area contributed by atoms with Gasteiger partial charge in [0.25, 0.3) is 0 Å².